The Labute approximate surface area is 166 Å². The molecule has 0 spiro atoms. The quantitative estimate of drug-likeness (QED) is 0.610. The Morgan fingerprint density at radius 2 is 1.46 bits per heavy atom. The summed E-state index contributed by atoms with van der Waals surface area (Å²) >= 11 is 0. The first-order chi connectivity index (χ1) is 13.1. The first kappa shape index (κ1) is 21.4. The van der Waals surface area contributed by atoms with Crippen LogP contribution in [0.5, 0.6) is 0 Å². The number of benzene rings is 2. The lowest BCUT2D eigenvalue weighted by Crippen LogP contribution is -2.34. The monoisotopic (exact) mass is 381 g/mol. The van der Waals surface area contributed by atoms with Crippen molar-refractivity contribution in [3.05, 3.63) is 70.8 Å². The lowest BCUT2D eigenvalue weighted by atomic mass is 9.86. The van der Waals surface area contributed by atoms with E-state index in [1.54, 1.807) is 24.3 Å². The predicted octanol–water partition coefficient (Wildman–Crippen LogP) is 3.84. The topological polar surface area (TPSA) is 72.5 Å². The van der Waals surface area contributed by atoms with E-state index in [0.29, 0.717) is 11.1 Å². The molecule has 0 bridgehead atoms. The zero-order valence-corrected chi connectivity index (χ0v) is 17.0. The first-order valence-corrected chi connectivity index (χ1v) is 9.27. The van der Waals surface area contributed by atoms with Crippen LogP contribution in [0.15, 0.2) is 48.5 Å². The lowest BCUT2D eigenvalue weighted by molar-refractivity contribution is -0.145. The maximum atomic E-state index is 12.5. The van der Waals surface area contributed by atoms with E-state index in [9.17, 15) is 14.4 Å². The number of amides is 1. The van der Waals surface area contributed by atoms with Crippen LogP contribution in [0.25, 0.3) is 0 Å². The summed E-state index contributed by atoms with van der Waals surface area (Å²) in [6.45, 7) is 9.44. The molecule has 0 aliphatic rings. The molecule has 0 saturated heterocycles. The lowest BCUT2D eigenvalue weighted by Gasteiger charge is -2.19. The Kier molecular flexibility index (Phi) is 6.73. The molecule has 0 aliphatic carbocycles. The van der Waals surface area contributed by atoms with Gasteiger partial charge >= 0.3 is 5.97 Å². The molecule has 148 valence electrons. The molecule has 0 aliphatic heterocycles. The van der Waals surface area contributed by atoms with Crippen molar-refractivity contribution in [1.29, 1.82) is 0 Å². The van der Waals surface area contributed by atoms with Crippen molar-refractivity contribution in [3.63, 3.8) is 0 Å². The van der Waals surface area contributed by atoms with Crippen LogP contribution in [-0.2, 0) is 14.9 Å². The summed E-state index contributed by atoms with van der Waals surface area (Å²) in [6.07, 6.45) is -0.927. The average molecular weight is 381 g/mol. The van der Waals surface area contributed by atoms with E-state index in [2.05, 4.69) is 26.1 Å². The summed E-state index contributed by atoms with van der Waals surface area (Å²) in [4.78, 5) is 36.5. The van der Waals surface area contributed by atoms with Gasteiger partial charge in [-0.3, -0.25) is 14.4 Å². The zero-order chi connectivity index (χ0) is 20.9. The van der Waals surface area contributed by atoms with Crippen LogP contribution in [0.1, 0.15) is 59.5 Å². The number of carbonyl (C=O) groups is 3. The predicted molar refractivity (Wildman–Crippen MR) is 109 cm³/mol. The fourth-order valence-electron chi connectivity index (χ4n) is 2.62. The molecule has 1 amide bonds. The molecule has 1 unspecified atom stereocenters. The van der Waals surface area contributed by atoms with Gasteiger partial charge in [0, 0.05) is 11.1 Å². The molecule has 5 nitrogen and oxygen atoms in total. The molecule has 28 heavy (non-hydrogen) atoms. The van der Waals surface area contributed by atoms with Crippen LogP contribution in [-0.4, -0.2) is 30.3 Å². The van der Waals surface area contributed by atoms with E-state index in [0.717, 1.165) is 11.1 Å². The van der Waals surface area contributed by atoms with Gasteiger partial charge in [-0.15, -0.1) is 0 Å². The third-order valence-corrected chi connectivity index (χ3v) is 4.42. The van der Waals surface area contributed by atoms with Gasteiger partial charge in [-0.1, -0.05) is 62.7 Å². The number of carbonyl (C=O) groups excluding carboxylic acids is 3. The molecule has 1 N–H and O–H groups in total. The standard InChI is InChI=1S/C23H27NO4/c1-15-6-8-18(9-7-15)22(27)24-14-20(25)28-16(2)21(26)17-10-12-19(13-11-17)23(3,4)5/h6-13,16H,14H2,1-5H3,(H,24,27). The first-order valence-electron chi connectivity index (χ1n) is 9.27. The van der Waals surface area contributed by atoms with Crippen molar-refractivity contribution in [3.8, 4) is 0 Å². The molecule has 0 saturated carbocycles. The van der Waals surface area contributed by atoms with Crippen molar-refractivity contribution >= 4 is 17.7 Å². The Hall–Kier alpha value is -2.95. The fourth-order valence-corrected chi connectivity index (χ4v) is 2.62. The normalized spacial score (nSPS) is 12.2. The molecule has 5 heteroatoms. The second-order valence-corrected chi connectivity index (χ2v) is 7.87. The minimum Gasteiger partial charge on any atom is -0.453 e. The van der Waals surface area contributed by atoms with Crippen LogP contribution in [0.3, 0.4) is 0 Å². The highest BCUT2D eigenvalue weighted by molar-refractivity contribution is 6.00. The average Bonchev–Trinajstić information content (AvgIpc) is 2.65. The van der Waals surface area contributed by atoms with Crippen molar-refractivity contribution in [2.24, 2.45) is 0 Å². The van der Waals surface area contributed by atoms with E-state index < -0.39 is 12.1 Å². The minimum atomic E-state index is -0.927. The molecule has 1 atom stereocenters. The largest absolute Gasteiger partial charge is 0.453 e. The Morgan fingerprint density at radius 1 is 0.929 bits per heavy atom. The smallest absolute Gasteiger partial charge is 0.326 e. The van der Waals surface area contributed by atoms with E-state index in [1.807, 2.05) is 31.2 Å². The zero-order valence-electron chi connectivity index (χ0n) is 17.0. The van der Waals surface area contributed by atoms with Crippen molar-refractivity contribution in [1.82, 2.24) is 5.32 Å². The third kappa shape index (κ3) is 5.78. The van der Waals surface area contributed by atoms with Gasteiger partial charge in [0.25, 0.3) is 5.91 Å². The molecule has 0 heterocycles. The van der Waals surface area contributed by atoms with Gasteiger partial charge in [0.2, 0.25) is 5.78 Å². The number of ketones is 1. The molecule has 0 radical (unpaired) electrons. The van der Waals surface area contributed by atoms with Gasteiger partial charge in [0.05, 0.1) is 0 Å². The second-order valence-electron chi connectivity index (χ2n) is 7.87. The Morgan fingerprint density at radius 3 is 2.00 bits per heavy atom. The van der Waals surface area contributed by atoms with Crippen molar-refractivity contribution < 1.29 is 19.1 Å². The highest BCUT2D eigenvalue weighted by Gasteiger charge is 2.21. The molecule has 2 rings (SSSR count). The summed E-state index contributed by atoms with van der Waals surface area (Å²) in [5, 5.41) is 2.50. The number of rotatable bonds is 6. The van der Waals surface area contributed by atoms with Crippen molar-refractivity contribution in [2.45, 2.75) is 46.1 Å². The number of esters is 1. The van der Waals surface area contributed by atoms with Crippen LogP contribution in [0, 0.1) is 6.92 Å². The number of Topliss-reactive ketones (excluding diaryl/α,β-unsaturated/α-hetero) is 1. The molecular weight excluding hydrogens is 354 g/mol. The molecule has 2 aromatic rings. The van der Waals surface area contributed by atoms with E-state index in [4.69, 9.17) is 4.74 Å². The molecule has 0 aromatic heterocycles. The van der Waals surface area contributed by atoms with Gasteiger partial charge in [0.15, 0.2) is 6.10 Å². The second kappa shape index (κ2) is 8.83. The summed E-state index contributed by atoms with van der Waals surface area (Å²) in [5.41, 5.74) is 3.10. The molecule has 2 aromatic carbocycles. The number of aryl methyl sites for hydroxylation is 1. The van der Waals surface area contributed by atoms with Gasteiger partial charge in [-0.2, -0.15) is 0 Å². The SMILES string of the molecule is Cc1ccc(C(=O)NCC(=O)OC(C)C(=O)c2ccc(C(C)(C)C)cc2)cc1. The van der Waals surface area contributed by atoms with Crippen LogP contribution >= 0.6 is 0 Å². The maximum Gasteiger partial charge on any atom is 0.326 e. The van der Waals surface area contributed by atoms with Gasteiger partial charge in [0.1, 0.15) is 6.54 Å². The van der Waals surface area contributed by atoms with Crippen LogP contribution < -0.4 is 5.32 Å². The summed E-state index contributed by atoms with van der Waals surface area (Å²) in [5.74, 6) is -1.31. The van der Waals surface area contributed by atoms with Crippen LogP contribution in [0.2, 0.25) is 0 Å². The highest BCUT2D eigenvalue weighted by Crippen LogP contribution is 2.22. The Balaban J connectivity index is 1.88. The van der Waals surface area contributed by atoms with Gasteiger partial charge < -0.3 is 10.1 Å². The number of hydrogen-bond acceptors (Lipinski definition) is 4. The van der Waals surface area contributed by atoms with E-state index in [-0.39, 0.29) is 23.7 Å². The maximum absolute atomic E-state index is 12.5. The number of hydrogen-bond donors (Lipinski definition) is 1. The third-order valence-electron chi connectivity index (χ3n) is 4.42. The fraction of sp³-hybridized carbons (Fsp3) is 0.348. The number of ether oxygens (including phenoxy) is 1. The summed E-state index contributed by atoms with van der Waals surface area (Å²) < 4.78 is 5.17. The van der Waals surface area contributed by atoms with E-state index in [1.165, 1.54) is 6.92 Å². The molecule has 0 fully saturated rings. The number of nitrogens with one attached hydrogen (secondary N) is 1. The molecular formula is C23H27NO4. The van der Waals surface area contributed by atoms with E-state index >= 15 is 0 Å². The summed E-state index contributed by atoms with van der Waals surface area (Å²) in [7, 11) is 0. The van der Waals surface area contributed by atoms with Crippen molar-refractivity contribution in [2.75, 3.05) is 6.54 Å². The Bertz CT molecular complexity index is 846. The minimum absolute atomic E-state index is 0.00465. The highest BCUT2D eigenvalue weighted by atomic mass is 16.5. The summed E-state index contributed by atoms with van der Waals surface area (Å²) in [6, 6.07) is 14.3. The van der Waals surface area contributed by atoms with Gasteiger partial charge in [-0.05, 0) is 37.0 Å². The van der Waals surface area contributed by atoms with Gasteiger partial charge in [-0.25, -0.2) is 0 Å². The van der Waals surface area contributed by atoms with Crippen LogP contribution in [0.4, 0.5) is 0 Å².